The van der Waals surface area contributed by atoms with Crippen LogP contribution in [0.4, 0.5) is 0 Å². The van der Waals surface area contributed by atoms with E-state index in [9.17, 15) is 4.79 Å². The summed E-state index contributed by atoms with van der Waals surface area (Å²) in [6, 6.07) is 12.8. The van der Waals surface area contributed by atoms with E-state index >= 15 is 0 Å². The Balaban J connectivity index is 1.45. The predicted molar refractivity (Wildman–Crippen MR) is 101 cm³/mol. The summed E-state index contributed by atoms with van der Waals surface area (Å²) in [6.07, 6.45) is 9.03. The van der Waals surface area contributed by atoms with Gasteiger partial charge in [0, 0.05) is 19.3 Å². The van der Waals surface area contributed by atoms with Crippen molar-refractivity contribution < 1.29 is 14.3 Å². The van der Waals surface area contributed by atoms with Gasteiger partial charge in [0.25, 0.3) is 5.91 Å². The van der Waals surface area contributed by atoms with Crippen molar-refractivity contribution in [3.05, 3.63) is 54.2 Å². The Hall–Kier alpha value is -2.40. The molecule has 2 aromatic rings. The van der Waals surface area contributed by atoms with E-state index in [1.807, 2.05) is 30.3 Å². The van der Waals surface area contributed by atoms with E-state index in [2.05, 4.69) is 10.3 Å². The van der Waals surface area contributed by atoms with Gasteiger partial charge in [-0.3, -0.25) is 4.79 Å². The lowest BCUT2D eigenvalue weighted by Gasteiger charge is -2.21. The fraction of sp³-hybridized carbons (Fsp3) is 0.429. The number of nitrogens with zero attached hydrogens (tertiary/aromatic N) is 1. The molecule has 1 fully saturated rings. The molecule has 1 N–H and O–H groups in total. The number of pyridine rings is 1. The molecular weight excluding hydrogens is 328 g/mol. The number of para-hydroxylation sites is 1. The zero-order chi connectivity index (χ0) is 18.0. The van der Waals surface area contributed by atoms with Crippen LogP contribution in [0.1, 0.15) is 48.9 Å². The van der Waals surface area contributed by atoms with Crippen LogP contribution in [0.15, 0.2) is 48.7 Å². The van der Waals surface area contributed by atoms with Gasteiger partial charge in [0.2, 0.25) is 5.88 Å². The van der Waals surface area contributed by atoms with E-state index in [0.29, 0.717) is 36.4 Å². The van der Waals surface area contributed by atoms with Crippen molar-refractivity contribution in [3.63, 3.8) is 0 Å². The monoisotopic (exact) mass is 354 g/mol. The predicted octanol–water partition coefficient (Wildman–Crippen LogP) is 4.34. The topological polar surface area (TPSA) is 60.5 Å². The number of amides is 1. The average Bonchev–Trinajstić information content (AvgIpc) is 2.69. The van der Waals surface area contributed by atoms with Gasteiger partial charge in [-0.05, 0) is 43.5 Å². The van der Waals surface area contributed by atoms with Crippen LogP contribution in [0.2, 0.25) is 0 Å². The minimum Gasteiger partial charge on any atom is -0.438 e. The maximum atomic E-state index is 12.4. The Morgan fingerprint density at radius 3 is 2.69 bits per heavy atom. The van der Waals surface area contributed by atoms with Gasteiger partial charge in [-0.2, -0.15) is 0 Å². The van der Waals surface area contributed by atoms with Crippen molar-refractivity contribution in [3.8, 4) is 11.6 Å². The molecule has 1 heterocycles. The molecule has 1 aliphatic carbocycles. The second-order valence-corrected chi connectivity index (χ2v) is 6.51. The van der Waals surface area contributed by atoms with Gasteiger partial charge in [0.05, 0.1) is 6.10 Å². The van der Waals surface area contributed by atoms with Crippen molar-refractivity contribution in [1.82, 2.24) is 10.3 Å². The maximum Gasteiger partial charge on any atom is 0.256 e. The number of aromatic nitrogens is 1. The molecule has 3 rings (SSSR count). The molecule has 1 aromatic heterocycles. The number of rotatable bonds is 8. The molecule has 0 radical (unpaired) electrons. The molecule has 0 aliphatic heterocycles. The fourth-order valence-corrected chi connectivity index (χ4v) is 3.10. The van der Waals surface area contributed by atoms with Gasteiger partial charge < -0.3 is 14.8 Å². The third-order valence-corrected chi connectivity index (χ3v) is 4.49. The van der Waals surface area contributed by atoms with Crippen LogP contribution in [0.5, 0.6) is 11.6 Å². The zero-order valence-corrected chi connectivity index (χ0v) is 15.0. The first-order valence-electron chi connectivity index (χ1n) is 9.40. The minimum atomic E-state index is -0.179. The summed E-state index contributed by atoms with van der Waals surface area (Å²) in [5.41, 5.74) is 0.435. The highest BCUT2D eigenvalue weighted by atomic mass is 16.5. The van der Waals surface area contributed by atoms with Crippen molar-refractivity contribution in [2.45, 2.75) is 44.6 Å². The maximum absolute atomic E-state index is 12.4. The molecular formula is C21H26N2O3. The first-order valence-corrected chi connectivity index (χ1v) is 9.40. The molecule has 0 bridgehead atoms. The first-order chi connectivity index (χ1) is 12.8. The zero-order valence-electron chi connectivity index (χ0n) is 15.0. The van der Waals surface area contributed by atoms with E-state index in [4.69, 9.17) is 9.47 Å². The summed E-state index contributed by atoms with van der Waals surface area (Å²) in [5.74, 6) is 0.789. The Labute approximate surface area is 154 Å². The van der Waals surface area contributed by atoms with E-state index in [1.54, 1.807) is 18.3 Å². The number of carbonyl (C=O) groups is 1. The van der Waals surface area contributed by atoms with E-state index in [0.717, 1.165) is 6.42 Å². The highest BCUT2D eigenvalue weighted by Gasteiger charge is 2.15. The van der Waals surface area contributed by atoms with Crippen LogP contribution in [-0.4, -0.2) is 30.1 Å². The molecule has 0 unspecified atom stereocenters. The fourth-order valence-electron chi connectivity index (χ4n) is 3.10. The molecule has 5 nitrogen and oxygen atoms in total. The molecule has 138 valence electrons. The SMILES string of the molecule is O=C(NCCCOC1CCCCC1)c1cccnc1Oc1ccccc1. The van der Waals surface area contributed by atoms with Crippen LogP contribution in [-0.2, 0) is 4.74 Å². The summed E-state index contributed by atoms with van der Waals surface area (Å²) < 4.78 is 11.6. The number of hydrogen-bond acceptors (Lipinski definition) is 4. The third-order valence-electron chi connectivity index (χ3n) is 4.49. The summed E-state index contributed by atoms with van der Waals surface area (Å²) in [5, 5.41) is 2.92. The number of benzene rings is 1. The number of hydrogen-bond donors (Lipinski definition) is 1. The second kappa shape index (κ2) is 9.92. The van der Waals surface area contributed by atoms with Gasteiger partial charge in [0.1, 0.15) is 11.3 Å². The summed E-state index contributed by atoms with van der Waals surface area (Å²) in [6.45, 7) is 1.26. The van der Waals surface area contributed by atoms with Gasteiger partial charge in [-0.25, -0.2) is 4.98 Å². The lowest BCUT2D eigenvalue weighted by molar-refractivity contribution is 0.0273. The molecule has 0 saturated heterocycles. The molecule has 0 atom stereocenters. The van der Waals surface area contributed by atoms with Crippen LogP contribution < -0.4 is 10.1 Å². The van der Waals surface area contributed by atoms with Crippen LogP contribution in [0.3, 0.4) is 0 Å². The van der Waals surface area contributed by atoms with Crippen molar-refractivity contribution in [2.75, 3.05) is 13.2 Å². The van der Waals surface area contributed by atoms with E-state index < -0.39 is 0 Å². The normalized spacial score (nSPS) is 14.8. The van der Waals surface area contributed by atoms with Crippen LogP contribution >= 0.6 is 0 Å². The van der Waals surface area contributed by atoms with Crippen molar-refractivity contribution in [2.24, 2.45) is 0 Å². The standard InChI is InChI=1S/C21H26N2O3/c24-20(22-15-8-16-25-17-9-3-1-4-10-17)19-13-7-14-23-21(19)26-18-11-5-2-6-12-18/h2,5-7,11-14,17H,1,3-4,8-10,15-16H2,(H,22,24). The summed E-state index contributed by atoms with van der Waals surface area (Å²) >= 11 is 0. The molecule has 1 aliphatic rings. The Morgan fingerprint density at radius 1 is 1.08 bits per heavy atom. The first kappa shape index (κ1) is 18.4. The highest BCUT2D eigenvalue weighted by Crippen LogP contribution is 2.22. The molecule has 5 heteroatoms. The van der Waals surface area contributed by atoms with Crippen molar-refractivity contribution >= 4 is 5.91 Å². The van der Waals surface area contributed by atoms with Crippen LogP contribution in [0, 0.1) is 0 Å². The van der Waals surface area contributed by atoms with E-state index in [1.165, 1.54) is 32.1 Å². The van der Waals surface area contributed by atoms with Gasteiger partial charge in [-0.1, -0.05) is 37.5 Å². The van der Waals surface area contributed by atoms with Crippen molar-refractivity contribution in [1.29, 1.82) is 0 Å². The average molecular weight is 354 g/mol. The van der Waals surface area contributed by atoms with Gasteiger partial charge in [0.15, 0.2) is 0 Å². The molecule has 1 saturated carbocycles. The summed E-state index contributed by atoms with van der Waals surface area (Å²) in [7, 11) is 0. The molecule has 26 heavy (non-hydrogen) atoms. The highest BCUT2D eigenvalue weighted by molar-refractivity contribution is 5.96. The summed E-state index contributed by atoms with van der Waals surface area (Å²) in [4.78, 5) is 16.6. The largest absolute Gasteiger partial charge is 0.438 e. The number of nitrogens with one attached hydrogen (secondary N) is 1. The lowest BCUT2D eigenvalue weighted by atomic mass is 9.98. The second-order valence-electron chi connectivity index (χ2n) is 6.51. The quantitative estimate of drug-likeness (QED) is 0.716. The van der Waals surface area contributed by atoms with Gasteiger partial charge >= 0.3 is 0 Å². The number of carbonyl (C=O) groups excluding carboxylic acids is 1. The lowest BCUT2D eigenvalue weighted by Crippen LogP contribution is -2.26. The molecule has 0 spiro atoms. The van der Waals surface area contributed by atoms with Gasteiger partial charge in [-0.15, -0.1) is 0 Å². The molecule has 1 amide bonds. The molecule has 1 aromatic carbocycles. The number of ether oxygens (including phenoxy) is 2. The minimum absolute atomic E-state index is 0.179. The Bertz CT molecular complexity index is 685. The smallest absolute Gasteiger partial charge is 0.256 e. The van der Waals surface area contributed by atoms with Crippen LogP contribution in [0.25, 0.3) is 0 Å². The Morgan fingerprint density at radius 2 is 1.88 bits per heavy atom. The van der Waals surface area contributed by atoms with E-state index in [-0.39, 0.29) is 5.91 Å². The Kier molecular flexibility index (Phi) is 7.02. The third kappa shape index (κ3) is 5.56.